The van der Waals surface area contributed by atoms with Crippen molar-refractivity contribution in [2.45, 2.75) is 0 Å². The first kappa shape index (κ1) is 15.5. The van der Waals surface area contributed by atoms with Crippen LogP contribution < -0.4 is 10.4 Å². The molecule has 8 nitrogen and oxygen atoms in total. The second-order valence-corrected chi connectivity index (χ2v) is 4.62. The molecule has 22 heavy (non-hydrogen) atoms. The molecule has 1 aromatic carbocycles. The van der Waals surface area contributed by atoms with Crippen LogP contribution in [0.2, 0.25) is 0 Å². The topological polar surface area (TPSA) is 110 Å². The minimum absolute atomic E-state index is 0.204. The summed E-state index contributed by atoms with van der Waals surface area (Å²) < 4.78 is 0. The van der Waals surface area contributed by atoms with Crippen molar-refractivity contribution in [1.82, 2.24) is 10.4 Å². The van der Waals surface area contributed by atoms with Crippen molar-refractivity contribution >= 4 is 29.7 Å². The molecule has 0 spiro atoms. The Bertz CT molecular complexity index is 629. The third-order valence-corrected chi connectivity index (χ3v) is 3.24. The van der Waals surface area contributed by atoms with Crippen LogP contribution >= 0.6 is 0 Å². The average Bonchev–Trinajstić information content (AvgIpc) is 2.52. The van der Waals surface area contributed by atoms with Crippen LogP contribution in [0.25, 0.3) is 6.08 Å². The molecule has 1 fully saturated rings. The first-order valence-corrected chi connectivity index (χ1v) is 6.52. The first-order chi connectivity index (χ1) is 10.5. The van der Waals surface area contributed by atoms with Gasteiger partial charge in [0.05, 0.1) is 5.69 Å². The van der Waals surface area contributed by atoms with E-state index in [-0.39, 0.29) is 25.5 Å². The smallest absolute Gasteiger partial charge is 0.407 e. The zero-order valence-electron chi connectivity index (χ0n) is 11.6. The largest absolute Gasteiger partial charge is 0.465 e. The summed E-state index contributed by atoms with van der Waals surface area (Å²) in [6, 6.07) is 6.92. The number of carboxylic acid groups (broad SMARTS) is 1. The van der Waals surface area contributed by atoms with Crippen molar-refractivity contribution in [3.63, 3.8) is 0 Å². The van der Waals surface area contributed by atoms with E-state index in [4.69, 9.17) is 10.3 Å². The summed E-state index contributed by atoms with van der Waals surface area (Å²) in [4.78, 5) is 36.6. The Hall–Kier alpha value is -2.87. The van der Waals surface area contributed by atoms with Gasteiger partial charge in [0.15, 0.2) is 0 Å². The number of nitrogens with zero attached hydrogens (tertiary/aromatic N) is 2. The third kappa shape index (κ3) is 3.41. The number of piperazine rings is 1. The van der Waals surface area contributed by atoms with Gasteiger partial charge in [-0.15, -0.1) is 0 Å². The van der Waals surface area contributed by atoms with Crippen LogP contribution in [-0.4, -0.2) is 52.8 Å². The number of rotatable bonds is 3. The summed E-state index contributed by atoms with van der Waals surface area (Å²) in [6.07, 6.45) is 1.48. The molecule has 0 bridgehead atoms. The summed E-state index contributed by atoms with van der Waals surface area (Å²) in [6.45, 7) is 0.253. The molecular formula is C14H15N3O5. The van der Waals surface area contributed by atoms with Crippen LogP contribution in [0, 0.1) is 0 Å². The number of para-hydroxylation sites is 1. The molecule has 2 rings (SSSR count). The van der Waals surface area contributed by atoms with Crippen LogP contribution in [0.5, 0.6) is 0 Å². The summed E-state index contributed by atoms with van der Waals surface area (Å²) in [5, 5.41) is 17.4. The number of nitrogens with one attached hydrogen (secondary N) is 1. The molecule has 1 heterocycles. The Labute approximate surface area is 126 Å². The lowest BCUT2D eigenvalue weighted by Gasteiger charge is -2.33. The quantitative estimate of drug-likeness (QED) is 0.429. The normalized spacial score (nSPS) is 15.2. The summed E-state index contributed by atoms with van der Waals surface area (Å²) in [5.41, 5.74) is 2.68. The van der Waals surface area contributed by atoms with Gasteiger partial charge in [-0.05, 0) is 17.7 Å². The fourth-order valence-electron chi connectivity index (χ4n) is 2.17. The minimum Gasteiger partial charge on any atom is -0.465 e. The predicted molar refractivity (Wildman–Crippen MR) is 77.4 cm³/mol. The van der Waals surface area contributed by atoms with Crippen LogP contribution in [0.1, 0.15) is 5.56 Å². The van der Waals surface area contributed by atoms with Crippen LogP contribution in [-0.2, 0) is 9.59 Å². The summed E-state index contributed by atoms with van der Waals surface area (Å²) in [7, 11) is 0. The van der Waals surface area contributed by atoms with Crippen molar-refractivity contribution in [2.24, 2.45) is 0 Å². The average molecular weight is 305 g/mol. The first-order valence-electron chi connectivity index (χ1n) is 6.52. The monoisotopic (exact) mass is 305 g/mol. The van der Waals surface area contributed by atoms with E-state index >= 15 is 0 Å². The number of benzene rings is 1. The fraction of sp³-hybridized carbons (Fsp3) is 0.214. The molecule has 3 N–H and O–H groups in total. The number of carbonyl (C=O) groups excluding carboxylic acids is 2. The lowest BCUT2D eigenvalue weighted by atomic mass is 10.1. The van der Waals surface area contributed by atoms with Crippen molar-refractivity contribution < 1.29 is 24.7 Å². The van der Waals surface area contributed by atoms with E-state index in [1.54, 1.807) is 24.3 Å². The van der Waals surface area contributed by atoms with Gasteiger partial charge in [0.25, 0.3) is 5.91 Å². The molecular weight excluding hydrogens is 290 g/mol. The maximum Gasteiger partial charge on any atom is 0.407 e. The Morgan fingerprint density at radius 2 is 1.95 bits per heavy atom. The van der Waals surface area contributed by atoms with Gasteiger partial charge in [0.1, 0.15) is 6.54 Å². The maximum atomic E-state index is 12.1. The molecule has 0 saturated carbocycles. The van der Waals surface area contributed by atoms with E-state index in [2.05, 4.69) is 0 Å². The Morgan fingerprint density at radius 3 is 2.59 bits per heavy atom. The van der Waals surface area contributed by atoms with Crippen LogP contribution in [0.4, 0.5) is 10.5 Å². The van der Waals surface area contributed by atoms with Gasteiger partial charge >= 0.3 is 6.09 Å². The molecule has 1 saturated heterocycles. The zero-order chi connectivity index (χ0) is 16.1. The van der Waals surface area contributed by atoms with Crippen LogP contribution in [0.15, 0.2) is 30.3 Å². The minimum atomic E-state index is -1.12. The highest BCUT2D eigenvalue weighted by Crippen LogP contribution is 2.23. The maximum absolute atomic E-state index is 12.1. The highest BCUT2D eigenvalue weighted by Gasteiger charge is 2.28. The molecule has 1 aromatic rings. The van der Waals surface area contributed by atoms with E-state index in [0.717, 1.165) is 11.0 Å². The number of hydroxylamine groups is 1. The highest BCUT2D eigenvalue weighted by atomic mass is 16.5. The molecule has 0 unspecified atom stereocenters. The van der Waals surface area contributed by atoms with E-state index in [1.807, 2.05) is 0 Å². The molecule has 0 radical (unpaired) electrons. The fourth-order valence-corrected chi connectivity index (χ4v) is 2.17. The predicted octanol–water partition coefficient (Wildman–Crippen LogP) is 0.532. The Kier molecular flexibility index (Phi) is 4.74. The number of carbonyl (C=O) groups is 3. The van der Waals surface area contributed by atoms with Gasteiger partial charge in [0, 0.05) is 19.2 Å². The molecule has 0 aromatic heterocycles. The second kappa shape index (κ2) is 6.72. The summed E-state index contributed by atoms with van der Waals surface area (Å²) >= 11 is 0. The molecule has 3 amide bonds. The lowest BCUT2D eigenvalue weighted by Crippen LogP contribution is -2.52. The van der Waals surface area contributed by atoms with E-state index in [1.165, 1.54) is 16.5 Å². The van der Waals surface area contributed by atoms with Gasteiger partial charge in [-0.1, -0.05) is 18.2 Å². The van der Waals surface area contributed by atoms with Crippen molar-refractivity contribution in [2.75, 3.05) is 24.5 Å². The number of hydrogen-bond acceptors (Lipinski definition) is 4. The van der Waals surface area contributed by atoms with E-state index in [9.17, 15) is 14.4 Å². The molecule has 8 heteroatoms. The third-order valence-electron chi connectivity index (χ3n) is 3.24. The van der Waals surface area contributed by atoms with Gasteiger partial charge < -0.3 is 10.0 Å². The molecule has 1 aliphatic rings. The molecule has 1 aliphatic heterocycles. The number of amides is 3. The summed E-state index contributed by atoms with van der Waals surface area (Å²) in [5.74, 6) is -1.02. The number of anilines is 1. The molecule has 0 atom stereocenters. The number of hydrogen-bond donors (Lipinski definition) is 3. The van der Waals surface area contributed by atoms with Gasteiger partial charge in [0.2, 0.25) is 5.91 Å². The van der Waals surface area contributed by atoms with Gasteiger partial charge in [-0.2, -0.15) is 0 Å². The lowest BCUT2D eigenvalue weighted by molar-refractivity contribution is -0.124. The van der Waals surface area contributed by atoms with Gasteiger partial charge in [-0.3, -0.25) is 19.7 Å². The zero-order valence-corrected chi connectivity index (χ0v) is 11.6. The Morgan fingerprint density at radius 1 is 1.23 bits per heavy atom. The molecule has 0 aliphatic carbocycles. The van der Waals surface area contributed by atoms with E-state index < -0.39 is 12.0 Å². The second-order valence-electron chi connectivity index (χ2n) is 4.62. The Balaban J connectivity index is 2.23. The van der Waals surface area contributed by atoms with Crippen molar-refractivity contribution in [3.8, 4) is 0 Å². The van der Waals surface area contributed by atoms with Gasteiger partial charge in [-0.25, -0.2) is 10.3 Å². The van der Waals surface area contributed by atoms with Crippen molar-refractivity contribution in [3.05, 3.63) is 35.9 Å². The standard InChI is InChI=1S/C14H15N3O5/c18-12(15-22)6-5-10-3-1-2-4-11(10)17-8-7-16(14(20)21)9-13(17)19/h1-6,22H,7-9H2,(H,15,18)(H,20,21)/b6-5+. The van der Waals surface area contributed by atoms with Crippen LogP contribution in [0.3, 0.4) is 0 Å². The highest BCUT2D eigenvalue weighted by molar-refractivity contribution is 5.99. The van der Waals surface area contributed by atoms with Crippen molar-refractivity contribution in [1.29, 1.82) is 0 Å². The SMILES string of the molecule is O=C(/C=C/c1ccccc1N1CCN(C(=O)O)CC1=O)NO. The van der Waals surface area contributed by atoms with E-state index in [0.29, 0.717) is 11.3 Å². The molecule has 116 valence electrons.